The second kappa shape index (κ2) is 6.59. The van der Waals surface area contributed by atoms with Gasteiger partial charge >= 0.3 is 0 Å². The average Bonchev–Trinajstić information content (AvgIpc) is 3.19. The van der Waals surface area contributed by atoms with Crippen LogP contribution in [0.5, 0.6) is 5.75 Å². The molecule has 1 aliphatic heterocycles. The van der Waals surface area contributed by atoms with Crippen LogP contribution in [0.3, 0.4) is 0 Å². The Hall–Kier alpha value is -1.06. The van der Waals surface area contributed by atoms with Gasteiger partial charge in [0.15, 0.2) is 0 Å². The summed E-state index contributed by atoms with van der Waals surface area (Å²) in [7, 11) is 0. The van der Waals surface area contributed by atoms with E-state index in [1.807, 2.05) is 0 Å². The van der Waals surface area contributed by atoms with Crippen molar-refractivity contribution in [3.63, 3.8) is 0 Å². The first-order chi connectivity index (χ1) is 9.79. The second-order valence-corrected chi connectivity index (χ2v) is 6.35. The Balaban J connectivity index is 1.41. The van der Waals surface area contributed by atoms with Gasteiger partial charge in [0.2, 0.25) is 0 Å². The van der Waals surface area contributed by atoms with Crippen LogP contribution in [-0.4, -0.2) is 37.2 Å². The quantitative estimate of drug-likeness (QED) is 0.827. The van der Waals surface area contributed by atoms with Gasteiger partial charge in [-0.25, -0.2) is 0 Å². The monoisotopic (exact) mass is 274 g/mol. The summed E-state index contributed by atoms with van der Waals surface area (Å²) in [5.41, 5.74) is 1.32. The van der Waals surface area contributed by atoms with Crippen LogP contribution >= 0.6 is 0 Å². The van der Waals surface area contributed by atoms with Crippen molar-refractivity contribution < 1.29 is 4.74 Å². The SMILES string of the molecule is CC1CCN(CCOc2cccc(CNC3CC3)c2)C1. The molecule has 0 bridgehead atoms. The lowest BCUT2D eigenvalue weighted by molar-refractivity contribution is 0.234. The number of nitrogens with zero attached hydrogens (tertiary/aromatic N) is 1. The van der Waals surface area contributed by atoms with E-state index in [4.69, 9.17) is 4.74 Å². The van der Waals surface area contributed by atoms with Crippen LogP contribution in [0.1, 0.15) is 31.7 Å². The summed E-state index contributed by atoms with van der Waals surface area (Å²) >= 11 is 0. The molecule has 20 heavy (non-hydrogen) atoms. The first-order valence-corrected chi connectivity index (χ1v) is 7.97. The summed E-state index contributed by atoms with van der Waals surface area (Å²) in [4.78, 5) is 2.50. The molecule has 0 aromatic heterocycles. The third-order valence-corrected chi connectivity index (χ3v) is 4.25. The van der Waals surface area contributed by atoms with Crippen molar-refractivity contribution in [2.24, 2.45) is 5.92 Å². The molecule has 0 radical (unpaired) electrons. The molecule has 1 aliphatic carbocycles. The average molecular weight is 274 g/mol. The Morgan fingerprint density at radius 1 is 1.30 bits per heavy atom. The molecule has 3 rings (SSSR count). The van der Waals surface area contributed by atoms with E-state index in [1.165, 1.54) is 37.9 Å². The number of hydrogen-bond acceptors (Lipinski definition) is 3. The molecule has 3 nitrogen and oxygen atoms in total. The molecule has 2 fully saturated rings. The Labute approximate surface area is 122 Å². The minimum absolute atomic E-state index is 0.761. The van der Waals surface area contributed by atoms with Crippen molar-refractivity contribution in [1.82, 2.24) is 10.2 Å². The maximum atomic E-state index is 5.90. The zero-order valence-electron chi connectivity index (χ0n) is 12.5. The van der Waals surface area contributed by atoms with Gasteiger partial charge in [0.25, 0.3) is 0 Å². The molecule has 0 spiro atoms. The molecule has 1 saturated heterocycles. The molecular formula is C17H26N2O. The first-order valence-electron chi connectivity index (χ1n) is 7.97. The van der Waals surface area contributed by atoms with E-state index >= 15 is 0 Å². The van der Waals surface area contributed by atoms with E-state index in [9.17, 15) is 0 Å². The van der Waals surface area contributed by atoms with E-state index in [2.05, 4.69) is 41.4 Å². The van der Waals surface area contributed by atoms with Crippen LogP contribution in [0.2, 0.25) is 0 Å². The Morgan fingerprint density at radius 3 is 2.95 bits per heavy atom. The van der Waals surface area contributed by atoms with E-state index in [0.29, 0.717) is 0 Å². The van der Waals surface area contributed by atoms with Gasteiger partial charge in [-0.2, -0.15) is 0 Å². The van der Waals surface area contributed by atoms with Crippen molar-refractivity contribution in [2.45, 2.75) is 38.8 Å². The van der Waals surface area contributed by atoms with Crippen LogP contribution in [0.15, 0.2) is 24.3 Å². The molecule has 110 valence electrons. The lowest BCUT2D eigenvalue weighted by atomic mass is 10.2. The maximum Gasteiger partial charge on any atom is 0.119 e. The fourth-order valence-corrected chi connectivity index (χ4v) is 2.82. The molecule has 1 atom stereocenters. The first kappa shape index (κ1) is 13.9. The van der Waals surface area contributed by atoms with Gasteiger partial charge in [-0.05, 0) is 49.4 Å². The zero-order valence-corrected chi connectivity index (χ0v) is 12.5. The van der Waals surface area contributed by atoms with Crippen LogP contribution in [-0.2, 0) is 6.54 Å². The molecule has 2 aliphatic rings. The van der Waals surface area contributed by atoms with Gasteiger partial charge in [0, 0.05) is 25.7 Å². The smallest absolute Gasteiger partial charge is 0.119 e. The molecule has 1 saturated carbocycles. The normalized spacial score (nSPS) is 23.1. The van der Waals surface area contributed by atoms with E-state index < -0.39 is 0 Å². The van der Waals surface area contributed by atoms with Crippen LogP contribution < -0.4 is 10.1 Å². The molecule has 1 unspecified atom stereocenters. The number of ether oxygens (including phenoxy) is 1. The summed E-state index contributed by atoms with van der Waals surface area (Å²) in [6, 6.07) is 9.26. The molecule has 1 N–H and O–H groups in total. The minimum Gasteiger partial charge on any atom is -0.492 e. The molecule has 0 amide bonds. The van der Waals surface area contributed by atoms with Crippen LogP contribution in [0.25, 0.3) is 0 Å². The molecule has 1 heterocycles. The van der Waals surface area contributed by atoms with E-state index in [-0.39, 0.29) is 0 Å². The second-order valence-electron chi connectivity index (χ2n) is 6.35. The topological polar surface area (TPSA) is 24.5 Å². The lowest BCUT2D eigenvalue weighted by Gasteiger charge is -2.16. The van der Waals surface area contributed by atoms with Gasteiger partial charge in [-0.15, -0.1) is 0 Å². The van der Waals surface area contributed by atoms with Crippen LogP contribution in [0.4, 0.5) is 0 Å². The highest BCUT2D eigenvalue weighted by Crippen LogP contribution is 2.20. The van der Waals surface area contributed by atoms with Gasteiger partial charge in [-0.1, -0.05) is 19.1 Å². The fraction of sp³-hybridized carbons (Fsp3) is 0.647. The molecule has 1 aromatic carbocycles. The number of rotatable bonds is 7. The van der Waals surface area contributed by atoms with Crippen molar-refractivity contribution >= 4 is 0 Å². The fourth-order valence-electron chi connectivity index (χ4n) is 2.82. The van der Waals surface area contributed by atoms with Crippen molar-refractivity contribution in [1.29, 1.82) is 0 Å². The zero-order chi connectivity index (χ0) is 13.8. The van der Waals surface area contributed by atoms with Gasteiger partial charge in [0.05, 0.1) is 0 Å². The summed E-state index contributed by atoms with van der Waals surface area (Å²) in [5, 5.41) is 3.54. The van der Waals surface area contributed by atoms with Crippen LogP contribution in [0, 0.1) is 5.92 Å². The number of benzene rings is 1. The van der Waals surface area contributed by atoms with Crippen molar-refractivity contribution in [2.75, 3.05) is 26.2 Å². The molecule has 1 aromatic rings. The summed E-state index contributed by atoms with van der Waals surface area (Å²) in [6.07, 6.45) is 4.01. The highest BCUT2D eigenvalue weighted by atomic mass is 16.5. The third kappa shape index (κ3) is 4.22. The number of hydrogen-bond donors (Lipinski definition) is 1. The van der Waals surface area contributed by atoms with Gasteiger partial charge in [0.1, 0.15) is 12.4 Å². The lowest BCUT2D eigenvalue weighted by Crippen LogP contribution is -2.25. The Kier molecular flexibility index (Phi) is 4.58. The third-order valence-electron chi connectivity index (χ3n) is 4.25. The highest BCUT2D eigenvalue weighted by Gasteiger charge is 2.20. The highest BCUT2D eigenvalue weighted by molar-refractivity contribution is 5.28. The summed E-state index contributed by atoms with van der Waals surface area (Å²) < 4.78 is 5.90. The maximum absolute atomic E-state index is 5.90. The Bertz CT molecular complexity index is 431. The minimum atomic E-state index is 0.761. The Morgan fingerprint density at radius 2 is 2.20 bits per heavy atom. The van der Waals surface area contributed by atoms with E-state index in [1.54, 1.807) is 0 Å². The van der Waals surface area contributed by atoms with E-state index in [0.717, 1.165) is 37.4 Å². The predicted molar refractivity (Wildman–Crippen MR) is 82.0 cm³/mol. The predicted octanol–water partition coefficient (Wildman–Crippen LogP) is 2.66. The summed E-state index contributed by atoms with van der Waals surface area (Å²) in [6.45, 7) is 7.61. The standard InChI is InChI=1S/C17H26N2O/c1-14-7-8-19(13-14)9-10-20-17-4-2-3-15(11-17)12-18-16-5-6-16/h2-4,11,14,16,18H,5-10,12-13H2,1H3. The molecule has 3 heteroatoms. The van der Waals surface area contributed by atoms with Gasteiger partial charge in [-0.3, -0.25) is 4.90 Å². The van der Waals surface area contributed by atoms with Crippen molar-refractivity contribution in [3.05, 3.63) is 29.8 Å². The van der Waals surface area contributed by atoms with Crippen molar-refractivity contribution in [3.8, 4) is 5.75 Å². The molecular weight excluding hydrogens is 248 g/mol. The number of nitrogens with one attached hydrogen (secondary N) is 1. The van der Waals surface area contributed by atoms with Gasteiger partial charge < -0.3 is 10.1 Å². The number of likely N-dealkylation sites (tertiary alicyclic amines) is 1. The summed E-state index contributed by atoms with van der Waals surface area (Å²) in [5.74, 6) is 1.86. The largest absolute Gasteiger partial charge is 0.492 e.